The number of thioether (sulfide) groups is 1. The molecule has 1 amide bonds. The molecule has 0 bridgehead atoms. The van der Waals surface area contributed by atoms with Crippen LogP contribution in [0.3, 0.4) is 0 Å². The van der Waals surface area contributed by atoms with Gasteiger partial charge in [-0.1, -0.05) is 12.1 Å². The molecule has 0 saturated carbocycles. The molecule has 1 atom stereocenters. The minimum absolute atomic E-state index is 0.135. The average Bonchev–Trinajstić information content (AvgIpc) is 2.48. The number of aliphatic hydroxyl groups excluding tert-OH is 1. The Hall–Kier alpha value is -1.00. The second-order valence-electron chi connectivity index (χ2n) is 5.41. The molecule has 1 saturated heterocycles. The summed E-state index contributed by atoms with van der Waals surface area (Å²) in [4.78, 5) is 14.5. The highest BCUT2D eigenvalue weighted by Gasteiger charge is 2.24. The van der Waals surface area contributed by atoms with E-state index in [1.165, 1.54) is 5.56 Å². The van der Waals surface area contributed by atoms with Crippen LogP contribution in [0, 0.1) is 5.92 Å². The van der Waals surface area contributed by atoms with E-state index in [1.54, 1.807) is 11.8 Å². The van der Waals surface area contributed by atoms with E-state index in [4.69, 9.17) is 5.11 Å². The normalized spacial score (nSPS) is 19.1. The molecule has 1 N–H and O–H groups in total. The number of hydrogen-bond donors (Lipinski definition) is 1. The maximum atomic E-state index is 12.6. The molecule has 0 spiro atoms. The smallest absolute Gasteiger partial charge is 0.253 e. The first kappa shape index (κ1) is 15.4. The molecule has 0 aromatic heterocycles. The van der Waals surface area contributed by atoms with Crippen LogP contribution >= 0.6 is 11.8 Å². The van der Waals surface area contributed by atoms with Crippen LogP contribution in [-0.2, 0) is 5.75 Å². The van der Waals surface area contributed by atoms with Gasteiger partial charge >= 0.3 is 0 Å². The molecule has 0 radical (unpaired) electrons. The highest BCUT2D eigenvalue weighted by Crippen LogP contribution is 2.21. The highest BCUT2D eigenvalue weighted by atomic mass is 32.2. The van der Waals surface area contributed by atoms with Gasteiger partial charge in [-0.25, -0.2) is 0 Å². The molecule has 1 fully saturated rings. The van der Waals surface area contributed by atoms with E-state index in [0.29, 0.717) is 5.92 Å². The summed E-state index contributed by atoms with van der Waals surface area (Å²) in [6.45, 7) is 1.84. The van der Waals surface area contributed by atoms with Crippen LogP contribution < -0.4 is 0 Å². The molecular formula is C16H23NO2S. The quantitative estimate of drug-likeness (QED) is 0.907. The van der Waals surface area contributed by atoms with Crippen molar-refractivity contribution in [3.05, 3.63) is 35.4 Å². The monoisotopic (exact) mass is 293 g/mol. The topological polar surface area (TPSA) is 40.5 Å². The van der Waals surface area contributed by atoms with Crippen LogP contribution in [-0.4, -0.2) is 41.9 Å². The van der Waals surface area contributed by atoms with Crippen molar-refractivity contribution in [1.82, 2.24) is 4.90 Å². The van der Waals surface area contributed by atoms with E-state index >= 15 is 0 Å². The lowest BCUT2D eigenvalue weighted by atomic mass is 9.94. The Balaban J connectivity index is 2.04. The second kappa shape index (κ2) is 7.70. The van der Waals surface area contributed by atoms with Gasteiger partial charge in [0.2, 0.25) is 0 Å². The van der Waals surface area contributed by atoms with Gasteiger partial charge in [-0.3, -0.25) is 4.79 Å². The van der Waals surface area contributed by atoms with E-state index < -0.39 is 0 Å². The van der Waals surface area contributed by atoms with Crippen LogP contribution in [0.2, 0.25) is 0 Å². The summed E-state index contributed by atoms with van der Waals surface area (Å²) >= 11 is 1.77. The second-order valence-corrected chi connectivity index (χ2v) is 6.27. The van der Waals surface area contributed by atoms with Gasteiger partial charge in [-0.15, -0.1) is 0 Å². The van der Waals surface area contributed by atoms with Crippen LogP contribution in [0.25, 0.3) is 0 Å². The van der Waals surface area contributed by atoms with Crippen molar-refractivity contribution in [1.29, 1.82) is 0 Å². The third-order valence-corrected chi connectivity index (χ3v) is 4.45. The van der Waals surface area contributed by atoms with Gasteiger partial charge < -0.3 is 10.0 Å². The van der Waals surface area contributed by atoms with Gasteiger partial charge in [0.25, 0.3) is 5.91 Å². The van der Waals surface area contributed by atoms with E-state index in [9.17, 15) is 4.79 Å². The molecular weight excluding hydrogens is 270 g/mol. The molecule has 110 valence electrons. The molecule has 0 aliphatic carbocycles. The first-order valence-corrected chi connectivity index (χ1v) is 8.62. The molecule has 1 unspecified atom stereocenters. The largest absolute Gasteiger partial charge is 0.396 e. The molecule has 4 heteroatoms. The lowest BCUT2D eigenvalue weighted by molar-refractivity contribution is 0.0653. The van der Waals surface area contributed by atoms with Crippen molar-refractivity contribution in [2.24, 2.45) is 5.92 Å². The maximum absolute atomic E-state index is 12.6. The number of likely N-dealkylation sites (tertiary alicyclic amines) is 1. The number of aliphatic hydroxyl groups is 1. The van der Waals surface area contributed by atoms with E-state index in [-0.39, 0.29) is 12.5 Å². The zero-order valence-corrected chi connectivity index (χ0v) is 12.9. The van der Waals surface area contributed by atoms with Gasteiger partial charge in [-0.05, 0) is 49.1 Å². The summed E-state index contributed by atoms with van der Waals surface area (Å²) in [5.41, 5.74) is 1.99. The number of carbonyl (C=O) groups is 1. The number of nitrogens with zero attached hydrogens (tertiary/aromatic N) is 1. The van der Waals surface area contributed by atoms with Crippen molar-refractivity contribution >= 4 is 17.7 Å². The fourth-order valence-corrected chi connectivity index (χ4v) is 3.32. The van der Waals surface area contributed by atoms with Crippen molar-refractivity contribution in [3.8, 4) is 0 Å². The first-order chi connectivity index (χ1) is 9.74. The molecule has 2 rings (SSSR count). The molecule has 1 aromatic carbocycles. The molecule has 1 aliphatic rings. The van der Waals surface area contributed by atoms with E-state index in [0.717, 1.165) is 43.7 Å². The van der Waals surface area contributed by atoms with Crippen LogP contribution in [0.1, 0.15) is 35.2 Å². The van der Waals surface area contributed by atoms with Gasteiger partial charge in [0, 0.05) is 31.0 Å². The van der Waals surface area contributed by atoms with Crippen molar-refractivity contribution in [3.63, 3.8) is 0 Å². The molecule has 3 nitrogen and oxygen atoms in total. The van der Waals surface area contributed by atoms with E-state index in [2.05, 4.69) is 12.3 Å². The minimum atomic E-state index is 0.135. The van der Waals surface area contributed by atoms with Gasteiger partial charge in [0.1, 0.15) is 0 Å². The third kappa shape index (κ3) is 4.00. The number of rotatable bonds is 5. The summed E-state index contributed by atoms with van der Waals surface area (Å²) in [5, 5.41) is 9.05. The molecule has 1 heterocycles. The Bertz CT molecular complexity index is 448. The van der Waals surface area contributed by atoms with Crippen molar-refractivity contribution < 1.29 is 9.90 Å². The highest BCUT2D eigenvalue weighted by molar-refractivity contribution is 7.97. The zero-order valence-electron chi connectivity index (χ0n) is 12.0. The Morgan fingerprint density at radius 2 is 2.35 bits per heavy atom. The molecule has 20 heavy (non-hydrogen) atoms. The zero-order chi connectivity index (χ0) is 14.4. The van der Waals surface area contributed by atoms with E-state index in [1.807, 2.05) is 23.1 Å². The summed E-state index contributed by atoms with van der Waals surface area (Å²) in [7, 11) is 0. The van der Waals surface area contributed by atoms with Gasteiger partial charge in [-0.2, -0.15) is 11.8 Å². The Labute approximate surface area is 125 Å². The van der Waals surface area contributed by atoms with Crippen molar-refractivity contribution in [2.75, 3.05) is 26.0 Å². The average molecular weight is 293 g/mol. The SMILES string of the molecule is CSCc1cccc(C(=O)N2CCCC(CCO)C2)c1. The number of piperidine rings is 1. The Kier molecular flexibility index (Phi) is 5.92. The predicted molar refractivity (Wildman–Crippen MR) is 84.0 cm³/mol. The summed E-state index contributed by atoms with van der Waals surface area (Å²) < 4.78 is 0. The van der Waals surface area contributed by atoms with Gasteiger partial charge in [0.05, 0.1) is 0 Å². The molecule has 1 aromatic rings. The first-order valence-electron chi connectivity index (χ1n) is 7.22. The number of hydrogen-bond acceptors (Lipinski definition) is 3. The number of benzene rings is 1. The summed E-state index contributed by atoms with van der Waals surface area (Å²) in [6, 6.07) is 7.95. The maximum Gasteiger partial charge on any atom is 0.253 e. The summed E-state index contributed by atoms with van der Waals surface area (Å²) in [6.07, 6.45) is 5.03. The van der Waals surface area contributed by atoms with Crippen LogP contribution in [0.5, 0.6) is 0 Å². The van der Waals surface area contributed by atoms with Crippen LogP contribution in [0.15, 0.2) is 24.3 Å². The summed E-state index contributed by atoms with van der Waals surface area (Å²) in [5.74, 6) is 1.52. The third-order valence-electron chi connectivity index (χ3n) is 3.83. The standard InChI is InChI=1S/C16H23NO2S/c1-20-12-14-4-2-6-15(10-14)16(19)17-8-3-5-13(11-17)7-9-18/h2,4,6,10,13,18H,3,5,7-9,11-12H2,1H3. The lowest BCUT2D eigenvalue weighted by Gasteiger charge is -2.32. The number of amides is 1. The molecule has 1 aliphatic heterocycles. The van der Waals surface area contributed by atoms with Gasteiger partial charge in [0.15, 0.2) is 0 Å². The predicted octanol–water partition coefficient (Wildman–Crippen LogP) is 2.78. The lowest BCUT2D eigenvalue weighted by Crippen LogP contribution is -2.40. The Morgan fingerprint density at radius 3 is 3.10 bits per heavy atom. The minimum Gasteiger partial charge on any atom is -0.396 e. The number of carbonyl (C=O) groups excluding carboxylic acids is 1. The fourth-order valence-electron chi connectivity index (χ4n) is 2.81. The van der Waals surface area contributed by atoms with Crippen LogP contribution in [0.4, 0.5) is 0 Å². The Morgan fingerprint density at radius 1 is 1.50 bits per heavy atom. The fraction of sp³-hybridized carbons (Fsp3) is 0.562. The van der Waals surface area contributed by atoms with Crippen molar-refractivity contribution in [2.45, 2.75) is 25.0 Å².